The van der Waals surface area contributed by atoms with Gasteiger partial charge in [0.1, 0.15) is 11.9 Å². The molecule has 1 fully saturated rings. The molecule has 1 saturated carbocycles. The molecule has 0 aliphatic heterocycles. The van der Waals surface area contributed by atoms with Crippen LogP contribution in [0.25, 0.3) is 0 Å². The Labute approximate surface area is 217 Å². The fourth-order valence-electron chi connectivity index (χ4n) is 4.79. The van der Waals surface area contributed by atoms with Crippen LogP contribution in [0, 0.1) is 5.82 Å². The zero-order valence-corrected chi connectivity index (χ0v) is 21.1. The Morgan fingerprint density at radius 1 is 0.889 bits per heavy atom. The Bertz CT molecular complexity index is 1150. The van der Waals surface area contributed by atoms with Gasteiger partial charge in [0.05, 0.1) is 6.42 Å². The Hall–Kier alpha value is -3.18. The summed E-state index contributed by atoms with van der Waals surface area (Å²) in [5.74, 6) is -0.889. The zero-order chi connectivity index (χ0) is 25.3. The molecule has 3 aromatic rings. The Morgan fingerprint density at radius 2 is 1.56 bits per heavy atom. The molecule has 6 heteroatoms. The van der Waals surface area contributed by atoms with Gasteiger partial charge in [-0.1, -0.05) is 91.5 Å². The summed E-state index contributed by atoms with van der Waals surface area (Å²) in [6.45, 7) is 0.222. The first-order valence-corrected chi connectivity index (χ1v) is 13.0. The number of nitrogens with one attached hydrogen (secondary N) is 1. The topological polar surface area (TPSA) is 49.4 Å². The van der Waals surface area contributed by atoms with Gasteiger partial charge in [0.25, 0.3) is 0 Å². The van der Waals surface area contributed by atoms with Crippen LogP contribution in [0.5, 0.6) is 0 Å². The van der Waals surface area contributed by atoms with Gasteiger partial charge in [-0.2, -0.15) is 0 Å². The Kier molecular flexibility index (Phi) is 9.12. The highest BCUT2D eigenvalue weighted by molar-refractivity contribution is 6.30. The summed E-state index contributed by atoms with van der Waals surface area (Å²) in [6, 6.07) is 22.6. The number of carbonyl (C=O) groups excluding carboxylic acids is 2. The van der Waals surface area contributed by atoms with Crippen molar-refractivity contribution in [2.45, 2.75) is 63.6 Å². The molecule has 3 aromatic carbocycles. The summed E-state index contributed by atoms with van der Waals surface area (Å²) in [4.78, 5) is 29.0. The lowest BCUT2D eigenvalue weighted by molar-refractivity contribution is -0.141. The van der Waals surface area contributed by atoms with E-state index >= 15 is 0 Å². The van der Waals surface area contributed by atoms with Gasteiger partial charge in [0.15, 0.2) is 0 Å². The highest BCUT2D eigenvalue weighted by Gasteiger charge is 2.32. The predicted molar refractivity (Wildman–Crippen MR) is 141 cm³/mol. The average Bonchev–Trinajstić information content (AvgIpc) is 2.89. The minimum absolute atomic E-state index is 0.114. The van der Waals surface area contributed by atoms with Crippen LogP contribution in [0.1, 0.15) is 48.8 Å². The third-order valence-corrected chi connectivity index (χ3v) is 7.04. The Morgan fingerprint density at radius 3 is 2.25 bits per heavy atom. The van der Waals surface area contributed by atoms with Crippen LogP contribution in [0.4, 0.5) is 4.39 Å². The highest BCUT2D eigenvalue weighted by atomic mass is 35.5. The second-order valence-corrected chi connectivity index (χ2v) is 9.90. The molecule has 4 nitrogen and oxygen atoms in total. The summed E-state index contributed by atoms with van der Waals surface area (Å²) in [7, 11) is 0. The predicted octanol–water partition coefficient (Wildman–Crippen LogP) is 6.11. The third-order valence-electron chi connectivity index (χ3n) is 6.79. The van der Waals surface area contributed by atoms with Crippen molar-refractivity contribution in [1.82, 2.24) is 10.2 Å². The standard InChI is InChI=1S/C30H32ClFN2O2/c31-25-17-15-23(16-18-25)21-34(29(35)20-24-11-7-8-14-27(24)32)28(19-22-9-3-1-4-10-22)30(36)33-26-12-5-2-6-13-26/h1,3-4,7-11,14-18,26,28H,2,5-6,12-13,19-21H2,(H,33,36). The van der Waals surface area contributed by atoms with E-state index in [4.69, 9.17) is 11.6 Å². The smallest absolute Gasteiger partial charge is 0.243 e. The maximum Gasteiger partial charge on any atom is 0.243 e. The van der Waals surface area contributed by atoms with Crippen LogP contribution in [-0.2, 0) is 29.0 Å². The number of amides is 2. The highest BCUT2D eigenvalue weighted by Crippen LogP contribution is 2.21. The van der Waals surface area contributed by atoms with Gasteiger partial charge in [0.2, 0.25) is 11.8 Å². The molecule has 0 heterocycles. The molecule has 1 aliphatic carbocycles. The van der Waals surface area contributed by atoms with E-state index in [0.717, 1.165) is 36.8 Å². The van der Waals surface area contributed by atoms with Crippen molar-refractivity contribution in [3.05, 3.63) is 106 Å². The van der Waals surface area contributed by atoms with E-state index in [1.165, 1.54) is 12.5 Å². The van der Waals surface area contributed by atoms with Gasteiger partial charge in [-0.05, 0) is 47.7 Å². The minimum Gasteiger partial charge on any atom is -0.352 e. The maximum atomic E-state index is 14.4. The van der Waals surface area contributed by atoms with Crippen LogP contribution in [0.2, 0.25) is 5.02 Å². The number of hydrogen-bond acceptors (Lipinski definition) is 2. The molecule has 2 amide bonds. The zero-order valence-electron chi connectivity index (χ0n) is 20.3. The van der Waals surface area contributed by atoms with Gasteiger partial charge >= 0.3 is 0 Å². The van der Waals surface area contributed by atoms with E-state index in [1.807, 2.05) is 42.5 Å². The molecule has 1 N–H and O–H groups in total. The van der Waals surface area contributed by atoms with Crippen molar-refractivity contribution in [3.63, 3.8) is 0 Å². The first-order chi connectivity index (χ1) is 17.5. The van der Waals surface area contributed by atoms with E-state index in [1.54, 1.807) is 35.2 Å². The summed E-state index contributed by atoms with van der Waals surface area (Å²) >= 11 is 6.08. The molecule has 1 aliphatic rings. The SMILES string of the molecule is O=C(NC1CCCCC1)C(Cc1ccccc1)N(Cc1ccc(Cl)cc1)C(=O)Cc1ccccc1F. The molecule has 36 heavy (non-hydrogen) atoms. The van der Waals surface area contributed by atoms with E-state index < -0.39 is 11.9 Å². The second kappa shape index (κ2) is 12.7. The van der Waals surface area contributed by atoms with Crippen LogP contribution >= 0.6 is 11.6 Å². The lowest BCUT2D eigenvalue weighted by atomic mass is 9.94. The van der Waals surface area contributed by atoms with Gasteiger partial charge in [-0.3, -0.25) is 9.59 Å². The normalized spacial score (nSPS) is 14.7. The monoisotopic (exact) mass is 506 g/mol. The van der Waals surface area contributed by atoms with Crippen LogP contribution < -0.4 is 5.32 Å². The third kappa shape index (κ3) is 7.17. The average molecular weight is 507 g/mol. The summed E-state index contributed by atoms with van der Waals surface area (Å²) < 4.78 is 14.4. The summed E-state index contributed by atoms with van der Waals surface area (Å²) in [5, 5.41) is 3.81. The van der Waals surface area contributed by atoms with Crippen molar-refractivity contribution >= 4 is 23.4 Å². The molecule has 4 rings (SSSR count). The Balaban J connectivity index is 1.65. The second-order valence-electron chi connectivity index (χ2n) is 9.47. The fraction of sp³-hybridized carbons (Fsp3) is 0.333. The molecule has 1 atom stereocenters. The van der Waals surface area contributed by atoms with Gasteiger partial charge in [-0.15, -0.1) is 0 Å². The van der Waals surface area contributed by atoms with Crippen LogP contribution in [0.15, 0.2) is 78.9 Å². The molecule has 0 aromatic heterocycles. The number of rotatable bonds is 9. The number of benzene rings is 3. The van der Waals surface area contributed by atoms with Crippen molar-refractivity contribution in [3.8, 4) is 0 Å². The van der Waals surface area contributed by atoms with E-state index in [-0.39, 0.29) is 30.8 Å². The first kappa shape index (κ1) is 25.9. The lowest BCUT2D eigenvalue weighted by Crippen LogP contribution is -2.53. The number of halogens is 2. The van der Waals surface area contributed by atoms with Crippen molar-refractivity contribution in [2.75, 3.05) is 0 Å². The number of hydrogen-bond donors (Lipinski definition) is 1. The lowest BCUT2D eigenvalue weighted by Gasteiger charge is -2.33. The van der Waals surface area contributed by atoms with Crippen molar-refractivity contribution < 1.29 is 14.0 Å². The molecule has 0 radical (unpaired) electrons. The van der Waals surface area contributed by atoms with Crippen molar-refractivity contribution in [2.24, 2.45) is 0 Å². The first-order valence-electron chi connectivity index (χ1n) is 12.6. The van der Waals surface area contributed by atoms with Gasteiger partial charge in [-0.25, -0.2) is 4.39 Å². The largest absolute Gasteiger partial charge is 0.352 e. The summed E-state index contributed by atoms with van der Waals surface area (Å²) in [6.07, 6.45) is 5.51. The fourth-order valence-corrected chi connectivity index (χ4v) is 4.92. The quantitative estimate of drug-likeness (QED) is 0.380. The van der Waals surface area contributed by atoms with Gasteiger partial charge < -0.3 is 10.2 Å². The summed E-state index contributed by atoms with van der Waals surface area (Å²) in [5.41, 5.74) is 2.13. The number of carbonyl (C=O) groups is 2. The molecule has 0 saturated heterocycles. The van der Waals surface area contributed by atoms with Crippen molar-refractivity contribution in [1.29, 1.82) is 0 Å². The van der Waals surface area contributed by atoms with E-state index in [9.17, 15) is 14.0 Å². The minimum atomic E-state index is -0.732. The number of nitrogens with zero attached hydrogens (tertiary/aromatic N) is 1. The van der Waals surface area contributed by atoms with Crippen LogP contribution in [-0.4, -0.2) is 28.8 Å². The molecule has 1 unspecified atom stereocenters. The van der Waals surface area contributed by atoms with E-state index in [0.29, 0.717) is 17.0 Å². The van der Waals surface area contributed by atoms with E-state index in [2.05, 4.69) is 5.32 Å². The molecular formula is C30H32ClFN2O2. The molecule has 0 bridgehead atoms. The van der Waals surface area contributed by atoms with Gasteiger partial charge in [0, 0.05) is 24.0 Å². The molecule has 188 valence electrons. The maximum absolute atomic E-state index is 14.4. The molecular weight excluding hydrogens is 475 g/mol. The van der Waals surface area contributed by atoms with Crippen LogP contribution in [0.3, 0.4) is 0 Å². The molecule has 0 spiro atoms.